The molecule has 3 aromatic carbocycles. The molecule has 2 heterocycles. The van der Waals surface area contributed by atoms with E-state index in [1.807, 2.05) is 30.3 Å². The second-order valence-electron chi connectivity index (χ2n) is 6.62. The first kappa shape index (κ1) is 15.7. The Kier molecular flexibility index (Phi) is 3.87. The summed E-state index contributed by atoms with van der Waals surface area (Å²) in [6.07, 6.45) is 4.32. The van der Waals surface area contributed by atoms with E-state index in [-0.39, 0.29) is 6.04 Å². The summed E-state index contributed by atoms with van der Waals surface area (Å²) in [5.41, 5.74) is 6.38. The zero-order valence-corrected chi connectivity index (χ0v) is 14.7. The average molecular weight is 350 g/mol. The van der Waals surface area contributed by atoms with Crippen LogP contribution in [0.3, 0.4) is 0 Å². The van der Waals surface area contributed by atoms with E-state index in [2.05, 4.69) is 63.5 Å². The average Bonchev–Trinajstić information content (AvgIpc) is 3.20. The number of fused-ring (bicyclic) bond motifs is 1. The molecule has 0 bridgehead atoms. The molecule has 4 nitrogen and oxygen atoms in total. The molecular formula is C23H18N4. The van der Waals surface area contributed by atoms with Gasteiger partial charge in [0.05, 0.1) is 28.5 Å². The fourth-order valence-electron chi connectivity index (χ4n) is 3.58. The summed E-state index contributed by atoms with van der Waals surface area (Å²) in [5, 5.41) is 7.11. The van der Waals surface area contributed by atoms with Gasteiger partial charge in [0.25, 0.3) is 0 Å². The predicted octanol–water partition coefficient (Wildman–Crippen LogP) is 4.99. The third-order valence-corrected chi connectivity index (χ3v) is 4.92. The van der Waals surface area contributed by atoms with Crippen molar-refractivity contribution in [1.82, 2.24) is 9.97 Å². The topological polar surface area (TPSA) is 41.4 Å². The molecule has 27 heavy (non-hydrogen) atoms. The third kappa shape index (κ3) is 2.95. The molecule has 1 atom stereocenters. The van der Waals surface area contributed by atoms with Crippen LogP contribution in [-0.4, -0.2) is 15.7 Å². The van der Waals surface area contributed by atoms with Crippen LogP contribution in [0.4, 0.5) is 5.69 Å². The maximum Gasteiger partial charge on any atom is 0.0890 e. The molecule has 130 valence electrons. The van der Waals surface area contributed by atoms with Gasteiger partial charge in [-0.15, -0.1) is 0 Å². The molecule has 0 N–H and O–H groups in total. The number of anilines is 1. The van der Waals surface area contributed by atoms with Crippen molar-refractivity contribution in [3.05, 3.63) is 102 Å². The van der Waals surface area contributed by atoms with Gasteiger partial charge >= 0.3 is 0 Å². The molecular weight excluding hydrogens is 332 g/mol. The highest BCUT2D eigenvalue weighted by atomic mass is 15.5. The molecule has 0 radical (unpaired) electrons. The number of aromatic nitrogens is 2. The van der Waals surface area contributed by atoms with Crippen LogP contribution in [0.2, 0.25) is 0 Å². The molecule has 1 aromatic heterocycles. The normalized spacial score (nSPS) is 16.5. The lowest BCUT2D eigenvalue weighted by molar-refractivity contribution is 0.709. The molecule has 0 amide bonds. The Hall–Kier alpha value is -3.53. The first-order chi connectivity index (χ1) is 13.4. The minimum atomic E-state index is 0.133. The fraction of sp³-hybridized carbons (Fsp3) is 0.0870. The van der Waals surface area contributed by atoms with Gasteiger partial charge in [-0.3, -0.25) is 15.0 Å². The zero-order valence-electron chi connectivity index (χ0n) is 14.7. The second-order valence-corrected chi connectivity index (χ2v) is 6.62. The van der Waals surface area contributed by atoms with E-state index in [0.29, 0.717) is 0 Å². The van der Waals surface area contributed by atoms with Crippen molar-refractivity contribution in [2.24, 2.45) is 5.10 Å². The summed E-state index contributed by atoms with van der Waals surface area (Å²) < 4.78 is 0. The highest BCUT2D eigenvalue weighted by molar-refractivity contribution is 6.03. The fourth-order valence-corrected chi connectivity index (χ4v) is 3.58. The molecule has 4 aromatic rings. The first-order valence-corrected chi connectivity index (χ1v) is 9.06. The highest BCUT2D eigenvalue weighted by Gasteiger charge is 2.30. The lowest BCUT2D eigenvalue weighted by Crippen LogP contribution is -2.18. The number of hydrogen-bond donors (Lipinski definition) is 0. The number of benzene rings is 3. The van der Waals surface area contributed by atoms with E-state index in [4.69, 9.17) is 5.10 Å². The summed E-state index contributed by atoms with van der Waals surface area (Å²) in [4.78, 5) is 8.85. The molecule has 4 heteroatoms. The first-order valence-electron chi connectivity index (χ1n) is 9.06. The van der Waals surface area contributed by atoms with Crippen molar-refractivity contribution in [3.63, 3.8) is 0 Å². The van der Waals surface area contributed by atoms with Gasteiger partial charge in [-0.05, 0) is 35.4 Å². The number of nitrogens with zero attached hydrogens (tertiary/aromatic N) is 4. The lowest BCUT2D eigenvalue weighted by atomic mass is 9.98. The Balaban J connectivity index is 1.59. The number of hydrazone groups is 1. The molecule has 0 saturated carbocycles. The molecule has 0 aliphatic carbocycles. The highest BCUT2D eigenvalue weighted by Crippen LogP contribution is 2.37. The van der Waals surface area contributed by atoms with Crippen LogP contribution in [0, 0.1) is 0 Å². The van der Waals surface area contributed by atoms with Crippen LogP contribution in [0.25, 0.3) is 11.0 Å². The van der Waals surface area contributed by atoms with E-state index in [1.165, 1.54) is 11.1 Å². The summed E-state index contributed by atoms with van der Waals surface area (Å²) >= 11 is 0. The van der Waals surface area contributed by atoms with Gasteiger partial charge in [0.1, 0.15) is 0 Å². The van der Waals surface area contributed by atoms with Gasteiger partial charge in [0.15, 0.2) is 0 Å². The number of rotatable bonds is 3. The van der Waals surface area contributed by atoms with Gasteiger partial charge in [-0.25, -0.2) is 0 Å². The third-order valence-electron chi connectivity index (χ3n) is 4.92. The maximum absolute atomic E-state index is 4.98. The number of hydrogen-bond acceptors (Lipinski definition) is 4. The minimum absolute atomic E-state index is 0.133. The summed E-state index contributed by atoms with van der Waals surface area (Å²) in [6.45, 7) is 0. The van der Waals surface area contributed by atoms with E-state index >= 15 is 0 Å². The van der Waals surface area contributed by atoms with Gasteiger partial charge < -0.3 is 0 Å². The summed E-state index contributed by atoms with van der Waals surface area (Å²) in [6, 6.07) is 27.2. The van der Waals surface area contributed by atoms with Crippen LogP contribution in [0.5, 0.6) is 0 Å². The molecule has 1 aliphatic rings. The van der Waals surface area contributed by atoms with Crippen molar-refractivity contribution in [1.29, 1.82) is 0 Å². The molecule has 0 saturated heterocycles. The van der Waals surface area contributed by atoms with Crippen molar-refractivity contribution in [3.8, 4) is 0 Å². The minimum Gasteiger partial charge on any atom is -0.257 e. The Bertz CT molecular complexity index is 1110. The van der Waals surface area contributed by atoms with Crippen molar-refractivity contribution in [2.75, 3.05) is 5.01 Å². The largest absolute Gasteiger partial charge is 0.257 e. The molecule has 0 fully saturated rings. The SMILES string of the molecule is c1ccc(C2=NN(c3ccccc3)[C@@H](c3ccc4nccnc4c3)C2)cc1. The molecule has 0 unspecified atom stereocenters. The van der Waals surface area contributed by atoms with Gasteiger partial charge in [0, 0.05) is 18.8 Å². The Morgan fingerprint density at radius 1 is 0.741 bits per heavy atom. The summed E-state index contributed by atoms with van der Waals surface area (Å²) in [7, 11) is 0. The summed E-state index contributed by atoms with van der Waals surface area (Å²) in [5.74, 6) is 0. The van der Waals surface area contributed by atoms with E-state index in [1.54, 1.807) is 12.4 Å². The Labute approximate surface area is 157 Å². The lowest BCUT2D eigenvalue weighted by Gasteiger charge is -2.24. The van der Waals surface area contributed by atoms with Crippen molar-refractivity contribution in [2.45, 2.75) is 12.5 Å². The van der Waals surface area contributed by atoms with Crippen LogP contribution in [0.15, 0.2) is 96.4 Å². The molecule has 5 rings (SSSR count). The molecule has 0 spiro atoms. The zero-order chi connectivity index (χ0) is 18.1. The quantitative estimate of drug-likeness (QED) is 0.523. The Morgan fingerprint density at radius 2 is 1.44 bits per heavy atom. The Morgan fingerprint density at radius 3 is 2.22 bits per heavy atom. The maximum atomic E-state index is 4.98. The van der Waals surface area contributed by atoms with Crippen molar-refractivity contribution < 1.29 is 0 Å². The van der Waals surface area contributed by atoms with Crippen LogP contribution in [-0.2, 0) is 0 Å². The van der Waals surface area contributed by atoms with E-state index in [9.17, 15) is 0 Å². The second kappa shape index (κ2) is 6.65. The van der Waals surface area contributed by atoms with Gasteiger partial charge in [-0.2, -0.15) is 5.10 Å². The van der Waals surface area contributed by atoms with E-state index < -0.39 is 0 Å². The van der Waals surface area contributed by atoms with Gasteiger partial charge in [0.2, 0.25) is 0 Å². The predicted molar refractivity (Wildman–Crippen MR) is 109 cm³/mol. The number of para-hydroxylation sites is 1. The monoisotopic (exact) mass is 350 g/mol. The van der Waals surface area contributed by atoms with Crippen LogP contribution in [0.1, 0.15) is 23.6 Å². The van der Waals surface area contributed by atoms with Gasteiger partial charge in [-0.1, -0.05) is 54.6 Å². The van der Waals surface area contributed by atoms with Crippen LogP contribution < -0.4 is 5.01 Å². The smallest absolute Gasteiger partial charge is 0.0890 e. The van der Waals surface area contributed by atoms with Crippen LogP contribution >= 0.6 is 0 Å². The van der Waals surface area contributed by atoms with Crippen molar-refractivity contribution >= 4 is 22.4 Å². The van der Waals surface area contributed by atoms with E-state index in [0.717, 1.165) is 28.9 Å². The standard InChI is InChI=1S/C23H18N4/c1-3-7-17(8-4-1)21-16-23(27(26-21)19-9-5-2-6-10-19)18-11-12-20-22(15-18)25-14-13-24-20/h1-15,23H,16H2/t23-/m1/s1. The molecule has 1 aliphatic heterocycles.